The molecule has 2 rings (SSSR count). The molecule has 2 aliphatic carbocycles. The van der Waals surface area contributed by atoms with Gasteiger partial charge in [0.25, 0.3) is 0 Å². The van der Waals surface area contributed by atoms with E-state index in [1.54, 1.807) is 0 Å². The van der Waals surface area contributed by atoms with Crippen molar-refractivity contribution in [2.75, 3.05) is 0 Å². The molecular formula is C12H28Cl2N4O8Zn. The summed E-state index contributed by atoms with van der Waals surface area (Å²) in [5, 5.41) is 0. The van der Waals surface area contributed by atoms with Gasteiger partial charge in [-0.1, -0.05) is 25.7 Å². The molecule has 0 spiro atoms. The maximum absolute atomic E-state index is 8.49. The first-order valence-corrected chi connectivity index (χ1v) is 10.3. The normalized spacial score (nSPS) is 28.0. The van der Waals surface area contributed by atoms with Crippen LogP contribution in [0.15, 0.2) is 0 Å². The van der Waals surface area contributed by atoms with E-state index >= 15 is 0 Å². The Morgan fingerprint density at radius 1 is 0.444 bits per heavy atom. The predicted molar refractivity (Wildman–Crippen MR) is 68.8 cm³/mol. The molecule has 0 radical (unpaired) electrons. The molecule has 0 heterocycles. The quantitative estimate of drug-likeness (QED) is 0.229. The van der Waals surface area contributed by atoms with Crippen molar-refractivity contribution >= 4 is 0 Å². The predicted octanol–water partition coefficient (Wildman–Crippen LogP) is -9.08. The molecule has 160 valence electrons. The molecule has 0 aromatic heterocycles. The second-order valence-electron chi connectivity index (χ2n) is 5.98. The summed E-state index contributed by atoms with van der Waals surface area (Å²) < 4.78 is 67.9. The number of rotatable bonds is 0. The maximum Gasteiger partial charge on any atom is 2.00 e. The molecule has 27 heavy (non-hydrogen) atoms. The van der Waals surface area contributed by atoms with Crippen LogP contribution in [0, 0.1) is 20.5 Å². The van der Waals surface area contributed by atoms with Crippen molar-refractivity contribution in [1.29, 1.82) is 0 Å². The molecule has 15 heteroatoms. The van der Waals surface area contributed by atoms with E-state index in [2.05, 4.69) is 0 Å². The topological polar surface area (TPSA) is 289 Å². The van der Waals surface area contributed by atoms with Crippen molar-refractivity contribution in [1.82, 2.24) is 0 Å². The molecule has 2 saturated carbocycles. The summed E-state index contributed by atoms with van der Waals surface area (Å²) in [5.41, 5.74) is 22.6. The van der Waals surface area contributed by atoms with E-state index in [0.717, 1.165) is 25.7 Å². The smallest absolute Gasteiger partial charge is 0.326 e. The van der Waals surface area contributed by atoms with Crippen LogP contribution in [-0.4, -0.2) is 24.2 Å². The summed E-state index contributed by atoms with van der Waals surface area (Å²) in [6.07, 6.45) is 9.60. The van der Waals surface area contributed by atoms with Crippen LogP contribution in [0.25, 0.3) is 0 Å². The molecule has 0 unspecified atom stereocenters. The van der Waals surface area contributed by atoms with E-state index in [9.17, 15) is 0 Å². The molecule has 4 atom stereocenters. The van der Waals surface area contributed by atoms with E-state index in [1.165, 1.54) is 25.7 Å². The van der Waals surface area contributed by atoms with E-state index in [0.29, 0.717) is 0 Å². The summed E-state index contributed by atoms with van der Waals surface area (Å²) in [7, 11) is -9.89. The first-order chi connectivity index (χ1) is 11.6. The Morgan fingerprint density at radius 3 is 0.630 bits per heavy atom. The Balaban J connectivity index is -0.000000289. The van der Waals surface area contributed by atoms with Gasteiger partial charge in [0, 0.05) is 24.2 Å². The first kappa shape index (κ1) is 32.4. The molecule has 0 aromatic carbocycles. The summed E-state index contributed by atoms with van der Waals surface area (Å²) in [4.78, 5) is 0. The third-order valence-electron chi connectivity index (χ3n) is 3.75. The van der Waals surface area contributed by atoms with Crippen molar-refractivity contribution in [2.45, 2.75) is 75.5 Å². The van der Waals surface area contributed by atoms with Crippen LogP contribution >= 0.6 is 0 Å². The Bertz CT molecular complexity index is 288. The van der Waals surface area contributed by atoms with Gasteiger partial charge in [-0.3, -0.25) is 0 Å². The van der Waals surface area contributed by atoms with E-state index < -0.39 is 20.5 Å². The second kappa shape index (κ2) is 16.5. The molecule has 0 amide bonds. The molecule has 0 bridgehead atoms. The van der Waals surface area contributed by atoms with Crippen LogP contribution in [0.2, 0.25) is 0 Å². The van der Waals surface area contributed by atoms with Gasteiger partial charge < -0.3 is 22.9 Å². The van der Waals surface area contributed by atoms with Gasteiger partial charge in [0.05, 0.1) is 0 Å². The van der Waals surface area contributed by atoms with Crippen molar-refractivity contribution in [3.63, 3.8) is 0 Å². The van der Waals surface area contributed by atoms with Crippen LogP contribution in [0.4, 0.5) is 0 Å². The number of hydrogen-bond acceptors (Lipinski definition) is 12. The van der Waals surface area contributed by atoms with Gasteiger partial charge in [-0.2, -0.15) is 0 Å². The molecule has 12 nitrogen and oxygen atoms in total. The largest absolute Gasteiger partial charge is 2.00 e. The minimum Gasteiger partial charge on any atom is -0.326 e. The van der Waals surface area contributed by atoms with Gasteiger partial charge in [0.15, 0.2) is 0 Å². The Labute approximate surface area is 175 Å². The fourth-order valence-corrected chi connectivity index (χ4v) is 2.38. The van der Waals surface area contributed by atoms with E-state index in [1.807, 2.05) is 0 Å². The third kappa shape index (κ3) is 31.6. The number of hydrogen-bond donors (Lipinski definition) is 4. The Hall–Kier alpha value is 0.723. The maximum atomic E-state index is 8.49. The fourth-order valence-electron chi connectivity index (χ4n) is 2.38. The van der Waals surface area contributed by atoms with Crippen LogP contribution in [0.5, 0.6) is 0 Å². The average molecular weight is 493 g/mol. The monoisotopic (exact) mass is 490 g/mol. The van der Waals surface area contributed by atoms with Gasteiger partial charge in [0.1, 0.15) is 0 Å². The molecule has 2 fully saturated rings. The van der Waals surface area contributed by atoms with Gasteiger partial charge in [-0.15, -0.1) is 20.5 Å². The SMILES string of the molecule is N[C@@H]1CCCC[C@H]1N.N[C@H]1CCCC[C@@H]1N.[O-][Cl+3]([O-])([O-])[O-].[O-][Cl+3]([O-])([O-])[O-].[Zn+2]. The van der Waals surface area contributed by atoms with Crippen LogP contribution < -0.4 is 60.2 Å². The van der Waals surface area contributed by atoms with Gasteiger partial charge in [-0.25, -0.2) is 37.3 Å². The third-order valence-corrected chi connectivity index (χ3v) is 3.75. The number of halogens is 2. The summed E-state index contributed by atoms with van der Waals surface area (Å²) in [6, 6.07) is 1.12. The van der Waals surface area contributed by atoms with Gasteiger partial charge in [-0.05, 0) is 25.7 Å². The second-order valence-corrected chi connectivity index (χ2v) is 7.49. The molecule has 0 aliphatic heterocycles. The summed E-state index contributed by atoms with van der Waals surface area (Å²) in [6.45, 7) is 0. The molecular weight excluding hydrogens is 464 g/mol. The summed E-state index contributed by atoms with van der Waals surface area (Å²) >= 11 is 0. The Morgan fingerprint density at radius 2 is 0.556 bits per heavy atom. The fraction of sp³-hybridized carbons (Fsp3) is 1.00. The number of nitrogens with two attached hydrogens (primary N) is 4. The van der Waals surface area contributed by atoms with Crippen molar-refractivity contribution in [3.8, 4) is 0 Å². The molecule has 0 saturated heterocycles. The summed E-state index contributed by atoms with van der Waals surface area (Å²) in [5.74, 6) is 0. The zero-order valence-corrected chi connectivity index (χ0v) is 19.5. The minimum absolute atomic E-state index is 0. The van der Waals surface area contributed by atoms with Crippen molar-refractivity contribution < 1.29 is 77.2 Å². The Kier molecular flexibility index (Phi) is 19.8. The van der Waals surface area contributed by atoms with Gasteiger partial charge >= 0.3 is 19.5 Å². The molecule has 8 N–H and O–H groups in total. The first-order valence-electron chi connectivity index (χ1n) is 7.87. The zero-order chi connectivity index (χ0) is 21.0. The average Bonchev–Trinajstić information content (AvgIpc) is 2.43. The molecule has 0 aromatic rings. The van der Waals surface area contributed by atoms with Gasteiger partial charge in [0.2, 0.25) is 0 Å². The molecule has 2 aliphatic rings. The van der Waals surface area contributed by atoms with E-state index in [4.69, 9.17) is 60.2 Å². The van der Waals surface area contributed by atoms with Crippen LogP contribution in [0.3, 0.4) is 0 Å². The van der Waals surface area contributed by atoms with Crippen molar-refractivity contribution in [2.24, 2.45) is 22.9 Å². The van der Waals surface area contributed by atoms with E-state index in [-0.39, 0.29) is 43.6 Å². The van der Waals surface area contributed by atoms with Crippen LogP contribution in [0.1, 0.15) is 51.4 Å². The van der Waals surface area contributed by atoms with Crippen molar-refractivity contribution in [3.05, 3.63) is 0 Å². The standard InChI is InChI=1S/2C6H14N2.2ClHO4.Zn/c2*7-5-3-1-2-4-6(5)8;2*2-1(3,4)5;/h2*5-6H,1-4,7-8H2;2*(H,2,3,4,5);/q;;;;+2/p-2/t2*5-,6-;;;/m10.../s1. The minimum atomic E-state index is -4.94. The van der Waals surface area contributed by atoms with Crippen LogP contribution in [-0.2, 0) is 19.5 Å². The zero-order valence-electron chi connectivity index (χ0n) is 15.0.